The lowest BCUT2D eigenvalue weighted by atomic mass is 9.95. The first kappa shape index (κ1) is 29.2. The van der Waals surface area contributed by atoms with E-state index in [-0.39, 0.29) is 17.5 Å². The van der Waals surface area contributed by atoms with Crippen LogP contribution in [0.15, 0.2) is 42.5 Å². The van der Waals surface area contributed by atoms with Crippen LogP contribution in [0.2, 0.25) is 0 Å². The highest BCUT2D eigenvalue weighted by atomic mass is 19.1. The standard InChI is InChI=1S/C31H43FN2O5/c1-36-29-22-25(13-14-28(29)38-21-9-19-34-18-7-3-4-12-30(34)35)23-33-17-8-15-31(37-2,16-20-33)24-39-27-11-6-5-10-26(27)32/h5-6,10-11,13-14,22H,3-4,7-9,12,15-21,23-24H2,1-2H3/t31-/m0/s1. The highest BCUT2D eigenvalue weighted by Gasteiger charge is 2.34. The van der Waals surface area contributed by atoms with E-state index >= 15 is 0 Å². The van der Waals surface area contributed by atoms with Crippen molar-refractivity contribution in [2.45, 2.75) is 63.5 Å². The van der Waals surface area contributed by atoms with Gasteiger partial charge in [-0.2, -0.15) is 0 Å². The first-order valence-electron chi connectivity index (χ1n) is 14.2. The average Bonchev–Trinajstić information content (AvgIpc) is 3.29. The molecule has 8 heteroatoms. The number of hydrogen-bond acceptors (Lipinski definition) is 6. The van der Waals surface area contributed by atoms with E-state index in [1.807, 2.05) is 17.0 Å². The summed E-state index contributed by atoms with van der Waals surface area (Å²) in [4.78, 5) is 16.6. The van der Waals surface area contributed by atoms with E-state index in [2.05, 4.69) is 11.0 Å². The van der Waals surface area contributed by atoms with Gasteiger partial charge in [-0.25, -0.2) is 4.39 Å². The number of halogens is 1. The minimum atomic E-state index is -0.440. The molecule has 2 aromatic rings. The third-order valence-corrected chi connectivity index (χ3v) is 7.89. The number of para-hydroxylation sites is 1. The Kier molecular flexibility index (Phi) is 10.9. The van der Waals surface area contributed by atoms with Crippen molar-refractivity contribution in [2.24, 2.45) is 0 Å². The molecular formula is C31H43FN2O5. The van der Waals surface area contributed by atoms with E-state index < -0.39 is 5.60 Å². The molecule has 2 heterocycles. The summed E-state index contributed by atoms with van der Waals surface area (Å²) in [7, 11) is 3.38. The van der Waals surface area contributed by atoms with Gasteiger partial charge in [-0.1, -0.05) is 24.6 Å². The van der Waals surface area contributed by atoms with Gasteiger partial charge in [0.25, 0.3) is 0 Å². The number of carbonyl (C=O) groups is 1. The fourth-order valence-corrected chi connectivity index (χ4v) is 5.46. The average molecular weight is 543 g/mol. The van der Waals surface area contributed by atoms with E-state index in [1.165, 1.54) is 6.07 Å². The highest BCUT2D eigenvalue weighted by Crippen LogP contribution is 2.31. The lowest BCUT2D eigenvalue weighted by molar-refractivity contribution is -0.130. The van der Waals surface area contributed by atoms with Gasteiger partial charge in [0.1, 0.15) is 12.2 Å². The number of likely N-dealkylation sites (tertiary alicyclic amines) is 2. The summed E-state index contributed by atoms with van der Waals surface area (Å²) in [5, 5.41) is 0. The number of ether oxygens (including phenoxy) is 4. The van der Waals surface area contributed by atoms with Gasteiger partial charge in [0, 0.05) is 39.7 Å². The fourth-order valence-electron chi connectivity index (χ4n) is 5.46. The predicted molar refractivity (Wildman–Crippen MR) is 149 cm³/mol. The lowest BCUT2D eigenvalue weighted by Gasteiger charge is -2.31. The van der Waals surface area contributed by atoms with Gasteiger partial charge in [0.05, 0.1) is 13.7 Å². The molecule has 0 bridgehead atoms. The third kappa shape index (κ3) is 8.32. The van der Waals surface area contributed by atoms with Crippen molar-refractivity contribution in [2.75, 3.05) is 53.6 Å². The molecule has 0 spiro atoms. The summed E-state index contributed by atoms with van der Waals surface area (Å²) in [6.07, 6.45) is 7.32. The van der Waals surface area contributed by atoms with Gasteiger partial charge >= 0.3 is 0 Å². The van der Waals surface area contributed by atoms with E-state index in [9.17, 15) is 9.18 Å². The van der Waals surface area contributed by atoms with Gasteiger partial charge in [-0.3, -0.25) is 9.69 Å². The summed E-state index contributed by atoms with van der Waals surface area (Å²) in [6.45, 7) is 5.05. The quantitative estimate of drug-likeness (QED) is 0.332. The molecule has 0 aromatic heterocycles. The van der Waals surface area contributed by atoms with Gasteiger partial charge < -0.3 is 23.8 Å². The Morgan fingerprint density at radius 2 is 1.77 bits per heavy atom. The molecule has 0 N–H and O–H groups in total. The van der Waals surface area contributed by atoms with Crippen molar-refractivity contribution in [3.8, 4) is 17.2 Å². The molecule has 0 radical (unpaired) electrons. The Morgan fingerprint density at radius 1 is 0.897 bits per heavy atom. The van der Waals surface area contributed by atoms with Crippen molar-refractivity contribution >= 4 is 5.91 Å². The zero-order chi connectivity index (χ0) is 27.5. The molecule has 1 atom stereocenters. The Hall–Kier alpha value is -2.84. The van der Waals surface area contributed by atoms with Crippen LogP contribution in [0.5, 0.6) is 17.2 Å². The topological polar surface area (TPSA) is 60.5 Å². The normalized spacial score (nSPS) is 20.8. The third-order valence-electron chi connectivity index (χ3n) is 7.89. The largest absolute Gasteiger partial charge is 0.493 e. The predicted octanol–water partition coefficient (Wildman–Crippen LogP) is 5.46. The lowest BCUT2D eigenvalue weighted by Crippen LogP contribution is -2.39. The van der Waals surface area contributed by atoms with Crippen LogP contribution in [-0.4, -0.2) is 74.9 Å². The number of nitrogens with zero attached hydrogens (tertiary/aromatic N) is 2. The molecule has 2 aliphatic heterocycles. The van der Waals surface area contributed by atoms with Crippen LogP contribution in [0.3, 0.4) is 0 Å². The van der Waals surface area contributed by atoms with Gasteiger partial charge in [-0.05, 0) is 74.9 Å². The molecule has 0 saturated carbocycles. The molecule has 0 unspecified atom stereocenters. The SMILES string of the molecule is COc1cc(CN2CCC[C@](COc3ccccc3F)(OC)CC2)ccc1OCCCN1CCCCCC1=O. The second kappa shape index (κ2) is 14.5. The number of methoxy groups -OCH3 is 2. The van der Waals surface area contributed by atoms with Crippen molar-refractivity contribution in [3.05, 3.63) is 53.8 Å². The van der Waals surface area contributed by atoms with Crippen molar-refractivity contribution in [3.63, 3.8) is 0 Å². The zero-order valence-electron chi connectivity index (χ0n) is 23.5. The molecule has 2 aliphatic rings. The van der Waals surface area contributed by atoms with E-state index in [0.717, 1.165) is 94.7 Å². The first-order valence-corrected chi connectivity index (χ1v) is 14.2. The Labute approximate surface area is 232 Å². The van der Waals surface area contributed by atoms with E-state index in [0.29, 0.717) is 19.6 Å². The Morgan fingerprint density at radius 3 is 2.59 bits per heavy atom. The first-order chi connectivity index (χ1) is 19.0. The van der Waals surface area contributed by atoms with Crippen molar-refractivity contribution in [1.82, 2.24) is 9.80 Å². The number of amides is 1. The number of hydrogen-bond donors (Lipinski definition) is 0. The molecular weight excluding hydrogens is 499 g/mol. The number of benzene rings is 2. The van der Waals surface area contributed by atoms with Crippen LogP contribution < -0.4 is 14.2 Å². The van der Waals surface area contributed by atoms with Crippen LogP contribution in [0.4, 0.5) is 4.39 Å². The van der Waals surface area contributed by atoms with Crippen LogP contribution in [-0.2, 0) is 16.1 Å². The monoisotopic (exact) mass is 542 g/mol. The maximum Gasteiger partial charge on any atom is 0.222 e. The summed E-state index contributed by atoms with van der Waals surface area (Å²) < 4.78 is 37.5. The van der Waals surface area contributed by atoms with Gasteiger partial charge in [-0.15, -0.1) is 0 Å². The molecule has 7 nitrogen and oxygen atoms in total. The smallest absolute Gasteiger partial charge is 0.222 e. The van der Waals surface area contributed by atoms with Crippen molar-refractivity contribution < 1.29 is 28.1 Å². The molecule has 2 fully saturated rings. The minimum Gasteiger partial charge on any atom is -0.493 e. The molecule has 1 amide bonds. The zero-order valence-corrected chi connectivity index (χ0v) is 23.5. The summed E-state index contributed by atoms with van der Waals surface area (Å²) >= 11 is 0. The maximum atomic E-state index is 14.0. The molecule has 4 rings (SSSR count). The fraction of sp³-hybridized carbons (Fsp3) is 0.581. The highest BCUT2D eigenvalue weighted by molar-refractivity contribution is 5.76. The minimum absolute atomic E-state index is 0.264. The van der Waals surface area contributed by atoms with Crippen LogP contribution >= 0.6 is 0 Å². The van der Waals surface area contributed by atoms with Gasteiger partial charge in [0.15, 0.2) is 23.1 Å². The molecule has 214 valence electrons. The second-order valence-electron chi connectivity index (χ2n) is 10.6. The molecule has 2 aromatic carbocycles. The molecule has 0 aliphatic carbocycles. The summed E-state index contributed by atoms with van der Waals surface area (Å²) in [6, 6.07) is 12.6. The molecule has 2 saturated heterocycles. The van der Waals surface area contributed by atoms with E-state index in [4.69, 9.17) is 18.9 Å². The number of carbonyl (C=O) groups excluding carboxylic acids is 1. The van der Waals surface area contributed by atoms with Gasteiger partial charge in [0.2, 0.25) is 5.91 Å². The van der Waals surface area contributed by atoms with E-state index in [1.54, 1.807) is 32.4 Å². The van der Waals surface area contributed by atoms with Crippen LogP contribution in [0.1, 0.15) is 56.9 Å². The Bertz CT molecular complexity index is 1070. The van der Waals surface area contributed by atoms with Crippen LogP contribution in [0.25, 0.3) is 0 Å². The van der Waals surface area contributed by atoms with Crippen LogP contribution in [0, 0.1) is 5.82 Å². The Balaban J connectivity index is 1.27. The summed E-state index contributed by atoms with van der Waals surface area (Å²) in [5.41, 5.74) is 0.714. The molecule has 39 heavy (non-hydrogen) atoms. The second-order valence-corrected chi connectivity index (χ2v) is 10.6. The number of rotatable bonds is 12. The maximum absolute atomic E-state index is 14.0. The van der Waals surface area contributed by atoms with Crippen molar-refractivity contribution in [1.29, 1.82) is 0 Å². The summed E-state index contributed by atoms with van der Waals surface area (Å²) in [5.74, 6) is 1.62.